The van der Waals surface area contributed by atoms with Gasteiger partial charge in [-0.05, 0) is 44.2 Å². The molecule has 4 rings (SSSR count). The second-order valence-corrected chi connectivity index (χ2v) is 10.5. The Bertz CT molecular complexity index is 1190. The molecule has 1 saturated heterocycles. The summed E-state index contributed by atoms with van der Waals surface area (Å²) in [5.74, 6) is 0.554. The molecule has 0 amide bonds. The first-order valence-corrected chi connectivity index (χ1v) is 11.8. The average Bonchev–Trinajstić information content (AvgIpc) is 3.35. The van der Waals surface area contributed by atoms with Crippen molar-refractivity contribution < 1.29 is 26.1 Å². The summed E-state index contributed by atoms with van der Waals surface area (Å²) in [5.41, 5.74) is 1.32. The number of hydrogen-bond acceptors (Lipinski definition) is 6. The Morgan fingerprint density at radius 3 is 2.39 bits per heavy atom. The lowest BCUT2D eigenvalue weighted by atomic mass is 10.1. The third-order valence-corrected chi connectivity index (χ3v) is 8.78. The van der Waals surface area contributed by atoms with E-state index in [9.17, 15) is 21.6 Å². The molecule has 0 bridgehead atoms. The molecule has 0 aliphatic carbocycles. The average molecular weight is 472 g/mol. The molecule has 0 spiro atoms. The SMILES string of the molecule is Cc1noc(-c2ccc(S(=O)(=O)N3CCN(c4cccc(C(F)(F)F)c4)CC3)s2)c1C. The van der Waals surface area contributed by atoms with Crippen molar-refractivity contribution in [3.05, 3.63) is 53.2 Å². The van der Waals surface area contributed by atoms with Gasteiger partial charge in [-0.1, -0.05) is 11.2 Å². The number of rotatable bonds is 4. The van der Waals surface area contributed by atoms with Gasteiger partial charge in [-0.3, -0.25) is 0 Å². The second-order valence-electron chi connectivity index (χ2n) is 7.28. The minimum absolute atomic E-state index is 0.187. The molecule has 166 valence electrons. The van der Waals surface area contributed by atoms with Crippen LogP contribution in [0.2, 0.25) is 0 Å². The first-order valence-electron chi connectivity index (χ1n) is 9.53. The first-order chi connectivity index (χ1) is 14.6. The predicted octanol–water partition coefficient (Wildman–Crippen LogP) is 4.55. The van der Waals surface area contributed by atoms with Crippen LogP contribution in [-0.4, -0.2) is 44.1 Å². The molecule has 1 aliphatic heterocycles. The van der Waals surface area contributed by atoms with Gasteiger partial charge in [-0.2, -0.15) is 17.5 Å². The molecule has 0 radical (unpaired) electrons. The third kappa shape index (κ3) is 4.21. The van der Waals surface area contributed by atoms with Crippen molar-refractivity contribution in [3.63, 3.8) is 0 Å². The number of aromatic nitrogens is 1. The number of hydrogen-bond donors (Lipinski definition) is 0. The number of anilines is 1. The maximum Gasteiger partial charge on any atom is 0.416 e. The van der Waals surface area contributed by atoms with Crippen molar-refractivity contribution in [3.8, 4) is 10.6 Å². The van der Waals surface area contributed by atoms with Gasteiger partial charge < -0.3 is 9.42 Å². The Hall–Kier alpha value is -2.37. The van der Waals surface area contributed by atoms with Gasteiger partial charge in [0.25, 0.3) is 10.0 Å². The van der Waals surface area contributed by atoms with Gasteiger partial charge in [0.2, 0.25) is 0 Å². The Balaban J connectivity index is 1.48. The van der Waals surface area contributed by atoms with E-state index in [1.165, 1.54) is 10.4 Å². The lowest BCUT2D eigenvalue weighted by Gasteiger charge is -2.35. The highest BCUT2D eigenvalue weighted by molar-refractivity contribution is 7.91. The van der Waals surface area contributed by atoms with Crippen LogP contribution in [0.1, 0.15) is 16.8 Å². The highest BCUT2D eigenvalue weighted by Crippen LogP contribution is 2.36. The van der Waals surface area contributed by atoms with Crippen LogP contribution < -0.4 is 4.90 Å². The normalized spacial score (nSPS) is 16.1. The second kappa shape index (κ2) is 7.95. The molecule has 11 heteroatoms. The molecule has 2 aromatic heterocycles. The third-order valence-electron chi connectivity index (χ3n) is 5.33. The summed E-state index contributed by atoms with van der Waals surface area (Å²) < 4.78 is 72.0. The van der Waals surface area contributed by atoms with Crippen LogP contribution in [0.3, 0.4) is 0 Å². The zero-order valence-corrected chi connectivity index (χ0v) is 18.4. The number of sulfonamides is 1. The van der Waals surface area contributed by atoms with E-state index in [1.807, 2.05) is 13.8 Å². The van der Waals surface area contributed by atoms with Crippen LogP contribution in [0.5, 0.6) is 0 Å². The Morgan fingerprint density at radius 2 is 1.77 bits per heavy atom. The predicted molar refractivity (Wildman–Crippen MR) is 112 cm³/mol. The standard InChI is InChI=1S/C20H20F3N3O3S2/c1-13-14(2)24-29-19(13)17-6-7-18(30-17)31(27,28)26-10-8-25(9-11-26)16-5-3-4-15(12-16)20(21,22)23/h3-7,12H,8-11H2,1-2H3. The Morgan fingerprint density at radius 1 is 1.06 bits per heavy atom. The quantitative estimate of drug-likeness (QED) is 0.559. The van der Waals surface area contributed by atoms with Crippen molar-refractivity contribution in [2.45, 2.75) is 24.2 Å². The summed E-state index contributed by atoms with van der Waals surface area (Å²) in [6.45, 7) is 4.66. The van der Waals surface area contributed by atoms with E-state index in [0.29, 0.717) is 29.4 Å². The van der Waals surface area contributed by atoms with Crippen molar-refractivity contribution >= 4 is 27.0 Å². The topological polar surface area (TPSA) is 66.7 Å². The summed E-state index contributed by atoms with van der Waals surface area (Å²) in [6, 6.07) is 8.33. The zero-order valence-electron chi connectivity index (χ0n) is 16.8. The lowest BCUT2D eigenvalue weighted by molar-refractivity contribution is -0.137. The van der Waals surface area contributed by atoms with Crippen molar-refractivity contribution in [1.29, 1.82) is 0 Å². The molecule has 1 aliphatic rings. The number of halogens is 3. The van der Waals surface area contributed by atoms with E-state index in [1.54, 1.807) is 23.1 Å². The van der Waals surface area contributed by atoms with Crippen molar-refractivity contribution in [2.24, 2.45) is 0 Å². The maximum absolute atomic E-state index is 13.1. The van der Waals surface area contributed by atoms with E-state index in [-0.39, 0.29) is 17.3 Å². The van der Waals surface area contributed by atoms with Gasteiger partial charge in [0.1, 0.15) is 4.21 Å². The molecule has 31 heavy (non-hydrogen) atoms. The van der Waals surface area contributed by atoms with Crippen LogP contribution in [0, 0.1) is 13.8 Å². The molecule has 3 heterocycles. The van der Waals surface area contributed by atoms with Gasteiger partial charge in [0.15, 0.2) is 5.76 Å². The van der Waals surface area contributed by atoms with Crippen LogP contribution in [0.4, 0.5) is 18.9 Å². The fourth-order valence-corrected chi connectivity index (χ4v) is 6.34. The molecule has 1 fully saturated rings. The fraction of sp³-hybridized carbons (Fsp3) is 0.350. The molecular weight excluding hydrogens is 451 g/mol. The monoisotopic (exact) mass is 471 g/mol. The van der Waals surface area contributed by atoms with Crippen molar-refractivity contribution in [1.82, 2.24) is 9.46 Å². The smallest absolute Gasteiger partial charge is 0.369 e. The van der Waals surface area contributed by atoms with Gasteiger partial charge in [-0.25, -0.2) is 8.42 Å². The Kier molecular flexibility index (Phi) is 5.61. The van der Waals surface area contributed by atoms with Gasteiger partial charge >= 0.3 is 6.18 Å². The summed E-state index contributed by atoms with van der Waals surface area (Å²) in [4.78, 5) is 2.45. The summed E-state index contributed by atoms with van der Waals surface area (Å²) in [7, 11) is -3.71. The van der Waals surface area contributed by atoms with E-state index >= 15 is 0 Å². The number of piperazine rings is 1. The summed E-state index contributed by atoms with van der Waals surface area (Å²) >= 11 is 1.11. The van der Waals surface area contributed by atoms with E-state index in [0.717, 1.165) is 34.7 Å². The largest absolute Gasteiger partial charge is 0.416 e. The van der Waals surface area contributed by atoms with Gasteiger partial charge in [0, 0.05) is 37.4 Å². The Labute approximate surface area is 181 Å². The minimum atomic E-state index is -4.42. The van der Waals surface area contributed by atoms with Gasteiger partial charge in [0.05, 0.1) is 16.1 Å². The maximum atomic E-state index is 13.1. The molecule has 6 nitrogen and oxygen atoms in total. The number of aryl methyl sites for hydroxylation is 1. The number of thiophene rings is 1. The van der Waals surface area contributed by atoms with Crippen LogP contribution >= 0.6 is 11.3 Å². The molecule has 3 aromatic rings. The molecule has 0 saturated carbocycles. The summed E-state index contributed by atoms with van der Waals surface area (Å²) in [6.07, 6.45) is -4.42. The molecule has 0 N–H and O–H groups in total. The highest BCUT2D eigenvalue weighted by Gasteiger charge is 2.33. The summed E-state index contributed by atoms with van der Waals surface area (Å²) in [5, 5.41) is 3.91. The minimum Gasteiger partial charge on any atom is -0.369 e. The van der Waals surface area contributed by atoms with Crippen LogP contribution in [-0.2, 0) is 16.2 Å². The van der Waals surface area contributed by atoms with Crippen LogP contribution in [0.25, 0.3) is 10.6 Å². The number of nitrogens with zero attached hydrogens (tertiary/aromatic N) is 3. The van der Waals surface area contributed by atoms with E-state index < -0.39 is 21.8 Å². The highest BCUT2D eigenvalue weighted by atomic mass is 32.2. The van der Waals surface area contributed by atoms with Gasteiger partial charge in [-0.15, -0.1) is 11.3 Å². The van der Waals surface area contributed by atoms with E-state index in [4.69, 9.17) is 4.52 Å². The van der Waals surface area contributed by atoms with Crippen molar-refractivity contribution in [2.75, 3.05) is 31.1 Å². The first kappa shape index (κ1) is 21.8. The molecule has 1 aromatic carbocycles. The number of benzene rings is 1. The zero-order chi connectivity index (χ0) is 22.4. The van der Waals surface area contributed by atoms with E-state index in [2.05, 4.69) is 5.16 Å². The molecule has 0 unspecified atom stereocenters. The molecular formula is C20H20F3N3O3S2. The lowest BCUT2D eigenvalue weighted by Crippen LogP contribution is -2.48. The molecule has 0 atom stereocenters. The fourth-order valence-electron chi connectivity index (χ4n) is 3.42. The number of alkyl halides is 3. The van der Waals surface area contributed by atoms with Crippen LogP contribution in [0.15, 0.2) is 45.1 Å².